The van der Waals surface area contributed by atoms with Crippen molar-refractivity contribution >= 4 is 16.0 Å². The first kappa shape index (κ1) is 15.1. The number of hydrogen-bond donors (Lipinski definition) is 2. The molecule has 1 amide bonds. The van der Waals surface area contributed by atoms with Crippen molar-refractivity contribution < 1.29 is 17.8 Å². The average molecular weight is 249 g/mol. The van der Waals surface area contributed by atoms with E-state index in [4.69, 9.17) is 4.55 Å². The Morgan fingerprint density at radius 1 is 1.44 bits per heavy atom. The van der Waals surface area contributed by atoms with Gasteiger partial charge < -0.3 is 5.32 Å². The highest BCUT2D eigenvalue weighted by molar-refractivity contribution is 7.85. The second-order valence-electron chi connectivity index (χ2n) is 4.04. The first-order valence-electron chi connectivity index (χ1n) is 5.12. The average Bonchev–Trinajstić information content (AvgIpc) is 2.12. The van der Waals surface area contributed by atoms with Gasteiger partial charge in [0.25, 0.3) is 10.1 Å². The minimum atomic E-state index is -3.90. The molecule has 0 saturated carbocycles. The van der Waals surface area contributed by atoms with Crippen LogP contribution in [0.2, 0.25) is 0 Å². The molecule has 2 atom stereocenters. The van der Waals surface area contributed by atoms with Crippen molar-refractivity contribution in [2.24, 2.45) is 5.92 Å². The molecule has 2 N–H and O–H groups in total. The van der Waals surface area contributed by atoms with E-state index in [0.29, 0.717) is 12.8 Å². The highest BCUT2D eigenvalue weighted by Gasteiger charge is 2.13. The van der Waals surface area contributed by atoms with Crippen molar-refractivity contribution in [3.8, 4) is 0 Å². The summed E-state index contributed by atoms with van der Waals surface area (Å²) in [6.45, 7) is 6.91. The predicted octanol–water partition coefficient (Wildman–Crippen LogP) is 0.981. The standard InChI is InChI=1S/C10H19NO4S/c1-4-10(12)11-9(3)6-5-8(2)7-16(13,14)15/h4,8-9H,1,5-7H2,2-3H3,(H,11,12)(H,13,14,15). The molecule has 0 aromatic rings. The van der Waals surface area contributed by atoms with E-state index >= 15 is 0 Å². The van der Waals surface area contributed by atoms with Gasteiger partial charge in [0.05, 0.1) is 5.75 Å². The molecule has 16 heavy (non-hydrogen) atoms. The highest BCUT2D eigenvalue weighted by Crippen LogP contribution is 2.10. The van der Waals surface area contributed by atoms with E-state index in [1.807, 2.05) is 6.92 Å². The molecule has 94 valence electrons. The summed E-state index contributed by atoms with van der Waals surface area (Å²) in [5, 5.41) is 2.68. The van der Waals surface area contributed by atoms with E-state index in [1.165, 1.54) is 6.08 Å². The van der Waals surface area contributed by atoms with Crippen LogP contribution in [-0.4, -0.2) is 30.7 Å². The summed E-state index contributed by atoms with van der Waals surface area (Å²) in [7, 11) is -3.90. The molecule has 0 fully saturated rings. The van der Waals surface area contributed by atoms with Crippen LogP contribution in [0.5, 0.6) is 0 Å². The number of carbonyl (C=O) groups excluding carboxylic acids is 1. The number of nitrogens with one attached hydrogen (secondary N) is 1. The first-order valence-corrected chi connectivity index (χ1v) is 6.73. The maximum Gasteiger partial charge on any atom is 0.265 e. The van der Waals surface area contributed by atoms with Crippen LogP contribution in [0.4, 0.5) is 0 Å². The molecule has 0 aliphatic carbocycles. The van der Waals surface area contributed by atoms with Crippen LogP contribution < -0.4 is 5.32 Å². The fourth-order valence-corrected chi connectivity index (χ4v) is 2.24. The maximum absolute atomic E-state index is 10.9. The minimum absolute atomic E-state index is 0.0330. The second-order valence-corrected chi connectivity index (χ2v) is 5.54. The largest absolute Gasteiger partial charge is 0.350 e. The molecule has 0 radical (unpaired) electrons. The zero-order valence-electron chi connectivity index (χ0n) is 9.64. The van der Waals surface area contributed by atoms with E-state index in [1.54, 1.807) is 6.92 Å². The van der Waals surface area contributed by atoms with Crippen molar-refractivity contribution in [3.63, 3.8) is 0 Å². The fraction of sp³-hybridized carbons (Fsp3) is 0.700. The summed E-state index contributed by atoms with van der Waals surface area (Å²) in [5.41, 5.74) is 0. The molecule has 2 unspecified atom stereocenters. The van der Waals surface area contributed by atoms with Gasteiger partial charge in [-0.05, 0) is 31.8 Å². The van der Waals surface area contributed by atoms with E-state index < -0.39 is 10.1 Å². The van der Waals surface area contributed by atoms with Crippen molar-refractivity contribution in [2.45, 2.75) is 32.7 Å². The van der Waals surface area contributed by atoms with Crippen LogP contribution in [-0.2, 0) is 14.9 Å². The summed E-state index contributed by atoms with van der Waals surface area (Å²) < 4.78 is 29.8. The normalized spacial score (nSPS) is 15.2. The summed E-state index contributed by atoms with van der Waals surface area (Å²) in [4.78, 5) is 10.9. The fourth-order valence-electron chi connectivity index (χ4n) is 1.35. The lowest BCUT2D eigenvalue weighted by Gasteiger charge is -2.15. The van der Waals surface area contributed by atoms with Gasteiger partial charge in [-0.1, -0.05) is 13.5 Å². The first-order chi connectivity index (χ1) is 7.24. The summed E-state index contributed by atoms with van der Waals surface area (Å²) in [6.07, 6.45) is 2.48. The Labute approximate surface area is 96.7 Å². The quantitative estimate of drug-likeness (QED) is 0.520. The van der Waals surface area contributed by atoms with Gasteiger partial charge >= 0.3 is 0 Å². The SMILES string of the molecule is C=CC(=O)NC(C)CCC(C)CS(=O)(=O)O. The molecule has 0 spiro atoms. The molecule has 6 heteroatoms. The molecular formula is C10H19NO4S. The van der Waals surface area contributed by atoms with Crippen LogP contribution in [0.15, 0.2) is 12.7 Å². The lowest BCUT2D eigenvalue weighted by Crippen LogP contribution is -2.31. The smallest absolute Gasteiger partial charge is 0.265 e. The van der Waals surface area contributed by atoms with E-state index in [0.717, 1.165) is 0 Å². The van der Waals surface area contributed by atoms with Crippen LogP contribution in [0.1, 0.15) is 26.7 Å². The van der Waals surface area contributed by atoms with Crippen LogP contribution in [0.25, 0.3) is 0 Å². The Bertz CT molecular complexity index is 337. The van der Waals surface area contributed by atoms with Crippen molar-refractivity contribution in [1.29, 1.82) is 0 Å². The molecule has 0 aromatic heterocycles. The lowest BCUT2D eigenvalue weighted by molar-refractivity contribution is -0.117. The Morgan fingerprint density at radius 3 is 2.44 bits per heavy atom. The summed E-state index contributed by atoms with van der Waals surface area (Å²) in [5.74, 6) is -0.609. The van der Waals surface area contributed by atoms with Gasteiger partial charge in [0.15, 0.2) is 0 Å². The van der Waals surface area contributed by atoms with Crippen LogP contribution in [0.3, 0.4) is 0 Å². The molecule has 0 bridgehead atoms. The predicted molar refractivity (Wildman–Crippen MR) is 62.6 cm³/mol. The molecule has 0 aliphatic rings. The molecule has 0 heterocycles. The van der Waals surface area contributed by atoms with E-state index in [2.05, 4.69) is 11.9 Å². The molecular weight excluding hydrogens is 230 g/mol. The van der Waals surface area contributed by atoms with E-state index in [9.17, 15) is 13.2 Å². The Hall–Kier alpha value is -0.880. The molecule has 0 saturated heterocycles. The van der Waals surface area contributed by atoms with Crippen molar-refractivity contribution in [1.82, 2.24) is 5.32 Å². The number of hydrogen-bond acceptors (Lipinski definition) is 3. The summed E-state index contributed by atoms with van der Waals surface area (Å²) >= 11 is 0. The highest BCUT2D eigenvalue weighted by atomic mass is 32.2. The third-order valence-electron chi connectivity index (χ3n) is 2.16. The van der Waals surface area contributed by atoms with Gasteiger partial charge in [0.1, 0.15) is 0 Å². The van der Waals surface area contributed by atoms with Gasteiger partial charge in [-0.25, -0.2) is 0 Å². The zero-order valence-corrected chi connectivity index (χ0v) is 10.5. The third-order valence-corrected chi connectivity index (χ3v) is 3.15. The monoisotopic (exact) mass is 249 g/mol. The van der Waals surface area contributed by atoms with Gasteiger partial charge in [-0.15, -0.1) is 0 Å². The third kappa shape index (κ3) is 8.43. The molecule has 0 rings (SSSR count). The van der Waals surface area contributed by atoms with Gasteiger partial charge in [0.2, 0.25) is 5.91 Å². The number of carbonyl (C=O) groups is 1. The van der Waals surface area contributed by atoms with Crippen molar-refractivity contribution in [3.05, 3.63) is 12.7 Å². The zero-order chi connectivity index (χ0) is 12.8. The topological polar surface area (TPSA) is 83.5 Å². The minimum Gasteiger partial charge on any atom is -0.350 e. The Kier molecular flexibility index (Phi) is 6.28. The van der Waals surface area contributed by atoms with E-state index in [-0.39, 0.29) is 23.6 Å². The van der Waals surface area contributed by atoms with Gasteiger partial charge in [-0.3, -0.25) is 9.35 Å². The van der Waals surface area contributed by atoms with Gasteiger partial charge in [-0.2, -0.15) is 8.42 Å². The Morgan fingerprint density at radius 2 is 2.00 bits per heavy atom. The molecule has 0 aliphatic heterocycles. The number of amides is 1. The molecule has 5 nitrogen and oxygen atoms in total. The number of rotatable bonds is 7. The van der Waals surface area contributed by atoms with Crippen molar-refractivity contribution in [2.75, 3.05) is 5.75 Å². The van der Waals surface area contributed by atoms with Crippen LogP contribution in [0, 0.1) is 5.92 Å². The maximum atomic E-state index is 10.9. The van der Waals surface area contributed by atoms with Gasteiger partial charge in [0, 0.05) is 6.04 Å². The molecule has 0 aromatic carbocycles. The second kappa shape index (κ2) is 6.65. The van der Waals surface area contributed by atoms with Crippen LogP contribution >= 0.6 is 0 Å². The lowest BCUT2D eigenvalue weighted by atomic mass is 10.0. The summed E-state index contributed by atoms with van der Waals surface area (Å²) in [6, 6.07) is -0.0330. The Balaban J connectivity index is 3.87.